The zero-order valence-corrected chi connectivity index (χ0v) is 11.3. The molecule has 0 aromatic carbocycles. The molecule has 0 fully saturated rings. The maximum atomic E-state index is 12.0. The van der Waals surface area contributed by atoms with E-state index < -0.39 is 0 Å². The van der Waals surface area contributed by atoms with Crippen LogP contribution in [0.25, 0.3) is 0 Å². The lowest BCUT2D eigenvalue weighted by molar-refractivity contribution is 0.0940. The lowest BCUT2D eigenvalue weighted by atomic mass is 10.1. The van der Waals surface area contributed by atoms with Crippen LogP contribution in [-0.2, 0) is 6.42 Å². The standard InChI is InChI=1S/C14H16N2OS/c1-3-13-8-12(9-18-13)14(17)16-10(2)11-4-6-15-7-5-11/h4-10H,3H2,1-2H3,(H,16,17)/t10-/m1/s1. The average Bonchev–Trinajstić information content (AvgIpc) is 2.88. The van der Waals surface area contributed by atoms with Crippen molar-refractivity contribution in [1.29, 1.82) is 0 Å². The molecule has 0 spiro atoms. The van der Waals surface area contributed by atoms with Gasteiger partial charge in [-0.15, -0.1) is 11.3 Å². The highest BCUT2D eigenvalue weighted by molar-refractivity contribution is 7.10. The SMILES string of the molecule is CCc1cc(C(=O)N[C@H](C)c2ccncc2)cs1. The molecule has 2 rings (SSSR count). The number of pyridine rings is 1. The Morgan fingerprint density at radius 1 is 1.44 bits per heavy atom. The van der Waals surface area contributed by atoms with E-state index in [1.807, 2.05) is 30.5 Å². The number of hydrogen-bond donors (Lipinski definition) is 1. The molecule has 4 heteroatoms. The number of carbonyl (C=O) groups is 1. The Morgan fingerprint density at radius 2 is 2.17 bits per heavy atom. The molecule has 1 atom stereocenters. The van der Waals surface area contributed by atoms with Gasteiger partial charge in [0, 0.05) is 22.7 Å². The van der Waals surface area contributed by atoms with Crippen LogP contribution >= 0.6 is 11.3 Å². The largest absolute Gasteiger partial charge is 0.345 e. The zero-order valence-electron chi connectivity index (χ0n) is 10.5. The first kappa shape index (κ1) is 12.8. The molecule has 0 radical (unpaired) electrons. The molecule has 0 bridgehead atoms. The van der Waals surface area contributed by atoms with Gasteiger partial charge in [-0.25, -0.2) is 0 Å². The van der Waals surface area contributed by atoms with E-state index >= 15 is 0 Å². The average molecular weight is 260 g/mol. The molecule has 0 aliphatic heterocycles. The number of nitrogens with zero attached hydrogens (tertiary/aromatic N) is 1. The summed E-state index contributed by atoms with van der Waals surface area (Å²) in [7, 11) is 0. The molecular formula is C14H16N2OS. The predicted molar refractivity (Wildman–Crippen MR) is 73.8 cm³/mol. The van der Waals surface area contributed by atoms with Gasteiger partial charge >= 0.3 is 0 Å². The molecule has 2 aromatic rings. The summed E-state index contributed by atoms with van der Waals surface area (Å²) in [6.07, 6.45) is 4.44. The van der Waals surface area contributed by atoms with Gasteiger partial charge in [0.15, 0.2) is 0 Å². The van der Waals surface area contributed by atoms with E-state index in [2.05, 4.69) is 17.2 Å². The van der Waals surface area contributed by atoms with E-state index in [1.54, 1.807) is 23.7 Å². The Morgan fingerprint density at radius 3 is 2.78 bits per heavy atom. The monoisotopic (exact) mass is 260 g/mol. The minimum absolute atomic E-state index is 0.00882. The molecule has 3 nitrogen and oxygen atoms in total. The highest BCUT2D eigenvalue weighted by Crippen LogP contribution is 2.17. The van der Waals surface area contributed by atoms with Crippen LogP contribution in [0.15, 0.2) is 36.0 Å². The molecule has 94 valence electrons. The number of carbonyl (C=O) groups excluding carboxylic acids is 1. The van der Waals surface area contributed by atoms with E-state index in [1.165, 1.54) is 4.88 Å². The maximum Gasteiger partial charge on any atom is 0.252 e. The number of rotatable bonds is 4. The summed E-state index contributed by atoms with van der Waals surface area (Å²) in [4.78, 5) is 17.2. The van der Waals surface area contributed by atoms with Gasteiger partial charge in [0.05, 0.1) is 11.6 Å². The van der Waals surface area contributed by atoms with E-state index in [-0.39, 0.29) is 11.9 Å². The summed E-state index contributed by atoms with van der Waals surface area (Å²) in [5.41, 5.74) is 1.81. The Balaban J connectivity index is 2.03. The normalized spacial score (nSPS) is 12.1. The minimum atomic E-state index is -0.0183. The highest BCUT2D eigenvalue weighted by Gasteiger charge is 2.12. The van der Waals surface area contributed by atoms with Crippen molar-refractivity contribution in [2.75, 3.05) is 0 Å². The second-order valence-electron chi connectivity index (χ2n) is 4.13. The summed E-state index contributed by atoms with van der Waals surface area (Å²) in [5.74, 6) is -0.0183. The summed E-state index contributed by atoms with van der Waals surface area (Å²) >= 11 is 1.63. The molecule has 0 saturated carbocycles. The van der Waals surface area contributed by atoms with Crippen LogP contribution in [0.4, 0.5) is 0 Å². The van der Waals surface area contributed by atoms with Gasteiger partial charge in [0.2, 0.25) is 0 Å². The van der Waals surface area contributed by atoms with Gasteiger partial charge < -0.3 is 5.32 Å². The van der Waals surface area contributed by atoms with Crippen LogP contribution in [0.5, 0.6) is 0 Å². The topological polar surface area (TPSA) is 42.0 Å². The van der Waals surface area contributed by atoms with Crippen LogP contribution in [0, 0.1) is 0 Å². The van der Waals surface area contributed by atoms with Crippen molar-refractivity contribution >= 4 is 17.2 Å². The molecule has 1 N–H and O–H groups in total. The van der Waals surface area contributed by atoms with Gasteiger partial charge in [-0.2, -0.15) is 0 Å². The third kappa shape index (κ3) is 2.96. The Kier molecular flexibility index (Phi) is 4.10. The van der Waals surface area contributed by atoms with Gasteiger partial charge in [-0.05, 0) is 37.1 Å². The van der Waals surface area contributed by atoms with Crippen molar-refractivity contribution < 1.29 is 4.79 Å². The fraction of sp³-hybridized carbons (Fsp3) is 0.286. The molecule has 0 aliphatic carbocycles. The van der Waals surface area contributed by atoms with Crippen molar-refractivity contribution in [3.8, 4) is 0 Å². The Hall–Kier alpha value is -1.68. The van der Waals surface area contributed by atoms with Crippen molar-refractivity contribution in [2.45, 2.75) is 26.3 Å². The summed E-state index contributed by atoms with van der Waals surface area (Å²) in [6.45, 7) is 4.06. The van der Waals surface area contributed by atoms with Gasteiger partial charge in [-0.3, -0.25) is 9.78 Å². The lowest BCUT2D eigenvalue weighted by Crippen LogP contribution is -2.26. The number of nitrogens with one attached hydrogen (secondary N) is 1. The number of aromatic nitrogens is 1. The predicted octanol–water partition coefficient (Wildman–Crippen LogP) is 3.20. The smallest absolute Gasteiger partial charge is 0.252 e. The second kappa shape index (κ2) is 5.78. The third-order valence-corrected chi connectivity index (χ3v) is 3.90. The fourth-order valence-corrected chi connectivity index (χ4v) is 2.52. The maximum absolute atomic E-state index is 12.0. The Labute approximate surface area is 111 Å². The number of hydrogen-bond acceptors (Lipinski definition) is 3. The van der Waals surface area contributed by atoms with E-state index in [9.17, 15) is 4.79 Å². The number of aryl methyl sites for hydroxylation is 1. The van der Waals surface area contributed by atoms with Crippen molar-refractivity contribution in [1.82, 2.24) is 10.3 Å². The van der Waals surface area contributed by atoms with Gasteiger partial charge in [0.1, 0.15) is 0 Å². The fourth-order valence-electron chi connectivity index (χ4n) is 1.70. The number of amides is 1. The molecule has 2 aromatic heterocycles. The molecule has 1 amide bonds. The van der Waals surface area contributed by atoms with Crippen LogP contribution in [0.3, 0.4) is 0 Å². The third-order valence-electron chi connectivity index (χ3n) is 2.82. The van der Waals surface area contributed by atoms with Crippen molar-refractivity contribution in [2.24, 2.45) is 0 Å². The first-order valence-electron chi connectivity index (χ1n) is 5.99. The van der Waals surface area contributed by atoms with Crippen molar-refractivity contribution in [3.05, 3.63) is 52.0 Å². The zero-order chi connectivity index (χ0) is 13.0. The van der Waals surface area contributed by atoms with Gasteiger partial charge in [0.25, 0.3) is 5.91 Å². The molecule has 0 unspecified atom stereocenters. The van der Waals surface area contributed by atoms with E-state index in [0.29, 0.717) is 0 Å². The quantitative estimate of drug-likeness (QED) is 0.917. The van der Waals surface area contributed by atoms with Crippen molar-refractivity contribution in [3.63, 3.8) is 0 Å². The van der Waals surface area contributed by atoms with Crippen LogP contribution < -0.4 is 5.32 Å². The first-order valence-corrected chi connectivity index (χ1v) is 6.87. The van der Waals surface area contributed by atoms with Crippen LogP contribution in [0.2, 0.25) is 0 Å². The Bertz CT molecular complexity index is 522. The van der Waals surface area contributed by atoms with Crippen LogP contribution in [-0.4, -0.2) is 10.9 Å². The highest BCUT2D eigenvalue weighted by atomic mass is 32.1. The summed E-state index contributed by atoms with van der Waals surface area (Å²) in [6, 6.07) is 5.77. The molecule has 18 heavy (non-hydrogen) atoms. The van der Waals surface area contributed by atoms with E-state index in [4.69, 9.17) is 0 Å². The minimum Gasteiger partial charge on any atom is -0.345 e. The molecule has 2 heterocycles. The second-order valence-corrected chi connectivity index (χ2v) is 5.13. The lowest BCUT2D eigenvalue weighted by Gasteiger charge is -2.13. The van der Waals surface area contributed by atoms with Crippen LogP contribution in [0.1, 0.15) is 40.7 Å². The number of thiophene rings is 1. The molecule has 0 aliphatic rings. The molecule has 0 saturated heterocycles. The molecular weight excluding hydrogens is 244 g/mol. The summed E-state index contributed by atoms with van der Waals surface area (Å²) in [5, 5.41) is 4.90. The van der Waals surface area contributed by atoms with Gasteiger partial charge in [-0.1, -0.05) is 6.92 Å². The summed E-state index contributed by atoms with van der Waals surface area (Å²) < 4.78 is 0. The first-order chi connectivity index (χ1) is 8.70. The van der Waals surface area contributed by atoms with E-state index in [0.717, 1.165) is 17.5 Å².